The number of fused-ring (bicyclic) bond motifs is 9. The number of hydrogen-bond acceptors (Lipinski definition) is 2. The SMILES string of the molecule is C[C@H]1C2=CC(N(c3ccc(C4=CC=C5CC(=C4)C(C)(C)c4ccccc45)cc3)c3ccc4c(c3)C=CC=CC4(C)C)=CC=C1N(c1ccccc1)c1ccccc12. The first-order valence-corrected chi connectivity index (χ1v) is 20.4. The molecule has 2 nitrogen and oxygen atoms in total. The normalized spacial score (nSPS) is 19.5. The fourth-order valence-corrected chi connectivity index (χ4v) is 9.64. The van der Waals surface area contributed by atoms with Gasteiger partial charge in [-0.1, -0.05) is 162 Å². The third-order valence-electron chi connectivity index (χ3n) is 12.9. The third-order valence-corrected chi connectivity index (χ3v) is 12.9. The Morgan fingerprint density at radius 1 is 0.649 bits per heavy atom. The number of allylic oxidation sites excluding steroid dienone is 13. The number of rotatable bonds is 5. The van der Waals surface area contributed by atoms with Crippen LogP contribution in [0.3, 0.4) is 0 Å². The van der Waals surface area contributed by atoms with Crippen LogP contribution in [0.15, 0.2) is 193 Å². The van der Waals surface area contributed by atoms with Crippen molar-refractivity contribution in [1.82, 2.24) is 0 Å². The van der Waals surface area contributed by atoms with Crippen molar-refractivity contribution < 1.29 is 0 Å². The summed E-state index contributed by atoms with van der Waals surface area (Å²) >= 11 is 0. The van der Waals surface area contributed by atoms with Crippen LogP contribution in [0.5, 0.6) is 0 Å². The molecule has 5 aromatic carbocycles. The van der Waals surface area contributed by atoms with E-state index in [1.54, 1.807) is 0 Å². The maximum Gasteiger partial charge on any atom is 0.0534 e. The van der Waals surface area contributed by atoms with Crippen LogP contribution < -0.4 is 9.80 Å². The van der Waals surface area contributed by atoms with Crippen LogP contribution in [0, 0.1) is 5.92 Å². The molecular formula is C55H48N2. The summed E-state index contributed by atoms with van der Waals surface area (Å²) in [4.78, 5) is 4.89. The van der Waals surface area contributed by atoms with Crippen molar-refractivity contribution in [3.8, 4) is 0 Å². The molecular weight excluding hydrogens is 689 g/mol. The number of benzene rings is 5. The van der Waals surface area contributed by atoms with Crippen LogP contribution in [0.25, 0.3) is 22.8 Å². The monoisotopic (exact) mass is 736 g/mol. The maximum absolute atomic E-state index is 2.45. The van der Waals surface area contributed by atoms with E-state index in [-0.39, 0.29) is 16.7 Å². The van der Waals surface area contributed by atoms with E-state index in [1.165, 1.54) is 72.7 Å². The average Bonchev–Trinajstić information content (AvgIpc) is 3.58. The number of para-hydroxylation sites is 2. The Balaban J connectivity index is 1.11. The molecule has 0 aromatic heterocycles. The highest BCUT2D eigenvalue weighted by molar-refractivity contribution is 5.92. The number of anilines is 4. The van der Waals surface area contributed by atoms with Gasteiger partial charge in [0.15, 0.2) is 0 Å². The summed E-state index contributed by atoms with van der Waals surface area (Å²) in [6, 6.07) is 44.8. The van der Waals surface area contributed by atoms with E-state index in [0.717, 1.165) is 23.5 Å². The largest absolute Gasteiger partial charge is 0.313 e. The smallest absolute Gasteiger partial charge is 0.0534 e. The minimum absolute atomic E-state index is 0.0319. The van der Waals surface area contributed by atoms with Gasteiger partial charge in [0.25, 0.3) is 0 Å². The van der Waals surface area contributed by atoms with Gasteiger partial charge >= 0.3 is 0 Å². The molecule has 1 atom stereocenters. The van der Waals surface area contributed by atoms with Crippen LogP contribution >= 0.6 is 0 Å². The molecule has 0 amide bonds. The van der Waals surface area contributed by atoms with Gasteiger partial charge in [-0.2, -0.15) is 0 Å². The Bertz CT molecular complexity index is 2700. The summed E-state index contributed by atoms with van der Waals surface area (Å²) < 4.78 is 0. The molecule has 0 radical (unpaired) electrons. The van der Waals surface area contributed by atoms with E-state index in [4.69, 9.17) is 0 Å². The molecule has 5 aromatic rings. The second-order valence-corrected chi connectivity index (χ2v) is 17.1. The molecule has 5 aliphatic rings. The van der Waals surface area contributed by atoms with Gasteiger partial charge in [0.1, 0.15) is 0 Å². The van der Waals surface area contributed by atoms with Crippen molar-refractivity contribution in [1.29, 1.82) is 0 Å². The van der Waals surface area contributed by atoms with Crippen molar-refractivity contribution in [2.24, 2.45) is 5.92 Å². The molecule has 1 heterocycles. The number of nitrogens with zero attached hydrogens (tertiary/aromatic N) is 2. The van der Waals surface area contributed by atoms with Gasteiger partial charge in [0.05, 0.1) is 5.69 Å². The van der Waals surface area contributed by atoms with Gasteiger partial charge in [-0.25, -0.2) is 0 Å². The summed E-state index contributed by atoms with van der Waals surface area (Å²) in [7, 11) is 0. The summed E-state index contributed by atoms with van der Waals surface area (Å²) in [6.45, 7) is 11.7. The van der Waals surface area contributed by atoms with Crippen molar-refractivity contribution in [3.63, 3.8) is 0 Å². The topological polar surface area (TPSA) is 6.48 Å². The van der Waals surface area contributed by atoms with Gasteiger partial charge in [-0.15, -0.1) is 0 Å². The van der Waals surface area contributed by atoms with Gasteiger partial charge in [-0.05, 0) is 112 Å². The molecule has 0 saturated heterocycles. The Kier molecular flexibility index (Phi) is 8.23. The molecule has 57 heavy (non-hydrogen) atoms. The quantitative estimate of drug-likeness (QED) is 0.177. The summed E-state index contributed by atoms with van der Waals surface area (Å²) in [5, 5.41) is 0. The summed E-state index contributed by atoms with van der Waals surface area (Å²) in [5.41, 5.74) is 20.3. The predicted molar refractivity (Wildman–Crippen MR) is 243 cm³/mol. The van der Waals surface area contributed by atoms with Crippen molar-refractivity contribution in [2.45, 2.75) is 51.9 Å². The minimum atomic E-state index is -0.0700. The zero-order valence-electron chi connectivity index (χ0n) is 33.5. The van der Waals surface area contributed by atoms with E-state index in [1.807, 2.05) is 0 Å². The highest BCUT2D eigenvalue weighted by Crippen LogP contribution is 2.51. The molecule has 4 aliphatic carbocycles. The van der Waals surface area contributed by atoms with Crippen molar-refractivity contribution in [2.75, 3.05) is 9.80 Å². The molecule has 0 saturated carbocycles. The molecule has 0 N–H and O–H groups in total. The van der Waals surface area contributed by atoms with Crippen LogP contribution in [0.2, 0.25) is 0 Å². The third kappa shape index (κ3) is 5.86. The standard InChI is InChI=1S/C55H48N2/c1-37-49-36-46(29-31-52(37)57(43-16-7-6-8-17-43)53-21-12-10-19-48(49)53)56(45-28-30-50-41(35-45)15-13-14-32-54(50,2)3)44-26-24-38(25-27-44)39-22-23-40-34-42(33-39)55(4,5)51-20-11-9-18-47(40)51/h6-33,35-37H,34H2,1-5H3/t37-/m0/s1. The number of hydrogen-bond donors (Lipinski definition) is 0. The summed E-state index contributed by atoms with van der Waals surface area (Å²) in [6.07, 6.45) is 24.1. The van der Waals surface area contributed by atoms with Gasteiger partial charge in [0.2, 0.25) is 0 Å². The van der Waals surface area contributed by atoms with E-state index < -0.39 is 0 Å². The Morgan fingerprint density at radius 3 is 2.21 bits per heavy atom. The van der Waals surface area contributed by atoms with Crippen LogP contribution in [0.4, 0.5) is 22.7 Å². The van der Waals surface area contributed by atoms with E-state index >= 15 is 0 Å². The van der Waals surface area contributed by atoms with Gasteiger partial charge < -0.3 is 9.80 Å². The first-order valence-electron chi connectivity index (χ1n) is 20.4. The zero-order valence-corrected chi connectivity index (χ0v) is 33.5. The lowest BCUT2D eigenvalue weighted by Crippen LogP contribution is -2.27. The van der Waals surface area contributed by atoms with Gasteiger partial charge in [-0.3, -0.25) is 0 Å². The second-order valence-electron chi connectivity index (χ2n) is 17.1. The highest BCUT2D eigenvalue weighted by Gasteiger charge is 2.35. The molecule has 2 heteroatoms. The molecule has 10 rings (SSSR count). The molecule has 0 spiro atoms. The van der Waals surface area contributed by atoms with E-state index in [2.05, 4.69) is 227 Å². The Labute approximate surface area is 338 Å². The van der Waals surface area contributed by atoms with Crippen LogP contribution in [-0.4, -0.2) is 0 Å². The first-order chi connectivity index (χ1) is 27.7. The second kappa shape index (κ2) is 13.4. The highest BCUT2D eigenvalue weighted by atomic mass is 15.2. The predicted octanol–water partition coefficient (Wildman–Crippen LogP) is 14.4. The first kappa shape index (κ1) is 35.1. The lowest BCUT2D eigenvalue weighted by atomic mass is 9.67. The van der Waals surface area contributed by atoms with Crippen molar-refractivity contribution in [3.05, 3.63) is 226 Å². The minimum Gasteiger partial charge on any atom is -0.313 e. The lowest BCUT2D eigenvalue weighted by molar-refractivity contribution is 0.599. The van der Waals surface area contributed by atoms with Crippen LogP contribution in [-0.2, 0) is 10.8 Å². The zero-order chi connectivity index (χ0) is 38.9. The fraction of sp³-hybridized carbons (Fsp3) is 0.164. The van der Waals surface area contributed by atoms with Crippen LogP contribution in [0.1, 0.15) is 74.4 Å². The molecule has 4 bridgehead atoms. The molecule has 1 aliphatic heterocycles. The average molecular weight is 737 g/mol. The Morgan fingerprint density at radius 2 is 1.39 bits per heavy atom. The molecule has 0 fully saturated rings. The maximum atomic E-state index is 2.45. The Hall–Kier alpha value is -6.38. The van der Waals surface area contributed by atoms with E-state index in [9.17, 15) is 0 Å². The molecule has 0 unspecified atom stereocenters. The summed E-state index contributed by atoms with van der Waals surface area (Å²) in [5.74, 6) is 0.194. The fourth-order valence-electron chi connectivity index (χ4n) is 9.64. The van der Waals surface area contributed by atoms with E-state index in [0.29, 0.717) is 0 Å². The lowest BCUT2D eigenvalue weighted by Gasteiger charge is -2.38. The molecule has 278 valence electrons. The van der Waals surface area contributed by atoms with Gasteiger partial charge in [0, 0.05) is 50.8 Å². The van der Waals surface area contributed by atoms with Crippen molar-refractivity contribution >= 4 is 45.5 Å².